The van der Waals surface area contributed by atoms with Gasteiger partial charge in [-0.2, -0.15) is 0 Å². The number of carbonyl (C=O) groups excluding carboxylic acids is 2. The Morgan fingerprint density at radius 2 is 1.78 bits per heavy atom. The Morgan fingerprint density at radius 1 is 1.11 bits per heavy atom. The minimum atomic E-state index is -1.86. The van der Waals surface area contributed by atoms with Crippen LogP contribution in [0.1, 0.15) is 26.3 Å². The third-order valence-corrected chi connectivity index (χ3v) is 4.43. The van der Waals surface area contributed by atoms with E-state index in [2.05, 4.69) is 11.8 Å². The van der Waals surface area contributed by atoms with Crippen LogP contribution in [0.15, 0.2) is 53.9 Å². The molecule has 1 aromatic rings. The quantitative estimate of drug-likeness (QED) is 0.560. The van der Waals surface area contributed by atoms with Gasteiger partial charge in [0.15, 0.2) is 0 Å². The molecular weight excluding hydrogens is 350 g/mol. The summed E-state index contributed by atoms with van der Waals surface area (Å²) in [4.78, 5) is 26.8. The fourth-order valence-electron chi connectivity index (χ4n) is 3.02. The maximum Gasteiger partial charge on any atom is 0.328 e. The number of benzene rings is 1. The van der Waals surface area contributed by atoms with E-state index in [4.69, 9.17) is 0 Å². The zero-order valence-electron chi connectivity index (χ0n) is 15.4. The molecule has 2 atom stereocenters. The highest BCUT2D eigenvalue weighted by Crippen LogP contribution is 2.31. The monoisotopic (exact) mass is 370 g/mol. The lowest BCUT2D eigenvalue weighted by Crippen LogP contribution is -2.49. The molecule has 4 nitrogen and oxygen atoms in total. The van der Waals surface area contributed by atoms with Crippen LogP contribution >= 0.6 is 0 Å². The molecule has 0 radical (unpaired) electrons. The molecule has 0 spiro atoms. The third-order valence-electron chi connectivity index (χ3n) is 4.43. The average molecular weight is 370 g/mol. The van der Waals surface area contributed by atoms with Crippen LogP contribution < -0.4 is 0 Å². The Balaban J connectivity index is 1.84. The molecule has 27 heavy (non-hydrogen) atoms. The van der Waals surface area contributed by atoms with Crippen LogP contribution in [0.4, 0.5) is 13.6 Å². The van der Waals surface area contributed by atoms with Gasteiger partial charge in [-0.1, -0.05) is 30.0 Å². The van der Waals surface area contributed by atoms with E-state index in [0.717, 1.165) is 17.7 Å². The Morgan fingerprint density at radius 3 is 2.33 bits per heavy atom. The lowest BCUT2D eigenvalue weighted by Gasteiger charge is -2.33. The molecule has 1 aliphatic carbocycles. The summed E-state index contributed by atoms with van der Waals surface area (Å²) < 4.78 is 29.4. The number of allylic oxidation sites excluding steroid dienone is 2. The van der Waals surface area contributed by atoms with Gasteiger partial charge < -0.3 is 4.90 Å². The fraction of sp³-hybridized carbons (Fsp3) is 0.333. The van der Waals surface area contributed by atoms with Gasteiger partial charge in [0.2, 0.25) is 0 Å². The predicted octanol–water partition coefficient (Wildman–Crippen LogP) is 3.60. The molecule has 0 aromatic heterocycles. The normalized spacial score (nSPS) is 23.0. The number of halogens is 2. The topological polar surface area (TPSA) is 40.6 Å². The molecule has 2 unspecified atom stereocenters. The highest BCUT2D eigenvalue weighted by Gasteiger charge is 2.48. The van der Waals surface area contributed by atoms with Gasteiger partial charge in [0.25, 0.3) is 5.91 Å². The zero-order valence-corrected chi connectivity index (χ0v) is 15.4. The van der Waals surface area contributed by atoms with Crippen molar-refractivity contribution in [3.63, 3.8) is 0 Å². The first-order valence-corrected chi connectivity index (χ1v) is 8.62. The number of urea groups is 1. The molecule has 2 aliphatic rings. The molecule has 140 valence electrons. The van der Waals surface area contributed by atoms with E-state index >= 15 is 0 Å². The highest BCUT2D eigenvalue weighted by atomic mass is 19.1. The summed E-state index contributed by atoms with van der Waals surface area (Å²) in [5.41, 5.74) is 0.270. The first-order chi connectivity index (χ1) is 12.7. The second-order valence-electron chi connectivity index (χ2n) is 7.46. The van der Waals surface area contributed by atoms with Crippen molar-refractivity contribution in [2.45, 2.75) is 38.5 Å². The summed E-state index contributed by atoms with van der Waals surface area (Å²) >= 11 is 0. The second-order valence-corrected chi connectivity index (χ2v) is 7.46. The molecular formula is C21H20F2N2O2. The van der Waals surface area contributed by atoms with Gasteiger partial charge >= 0.3 is 6.03 Å². The Labute approximate surface area is 157 Å². The fourth-order valence-corrected chi connectivity index (χ4v) is 3.02. The molecule has 1 aliphatic heterocycles. The number of hydrogen-bond acceptors (Lipinski definition) is 2. The molecule has 1 fully saturated rings. The summed E-state index contributed by atoms with van der Waals surface area (Å²) in [6.07, 6.45) is 0.365. The number of hydrogen-bond donors (Lipinski definition) is 0. The number of imide groups is 1. The van der Waals surface area contributed by atoms with Crippen molar-refractivity contribution >= 4 is 11.9 Å². The van der Waals surface area contributed by atoms with Crippen LogP contribution in [0.5, 0.6) is 0 Å². The lowest BCUT2D eigenvalue weighted by molar-refractivity contribution is -0.127. The molecule has 0 saturated carbocycles. The smallest absolute Gasteiger partial charge is 0.310 e. The lowest BCUT2D eigenvalue weighted by atomic mass is 9.98. The SMILES string of the molecule is CC(C)(C)N1CC(=O)N(C2C(F)=CC(C#Cc3ccccc3)=CC2F)C1=O. The van der Waals surface area contributed by atoms with Gasteiger partial charge in [0.1, 0.15) is 24.6 Å². The average Bonchev–Trinajstić information content (AvgIpc) is 2.89. The summed E-state index contributed by atoms with van der Waals surface area (Å²) in [6, 6.07) is 6.78. The van der Waals surface area contributed by atoms with Gasteiger partial charge in [0.05, 0.1) is 0 Å². The Kier molecular flexibility index (Phi) is 4.88. The van der Waals surface area contributed by atoms with E-state index in [9.17, 15) is 18.4 Å². The number of amides is 3. The van der Waals surface area contributed by atoms with Crippen LogP contribution in [0.3, 0.4) is 0 Å². The van der Waals surface area contributed by atoms with E-state index in [1.807, 2.05) is 18.2 Å². The van der Waals surface area contributed by atoms with Crippen LogP contribution in [0.2, 0.25) is 0 Å². The minimum Gasteiger partial charge on any atom is -0.310 e. The van der Waals surface area contributed by atoms with Crippen molar-refractivity contribution in [2.75, 3.05) is 6.54 Å². The van der Waals surface area contributed by atoms with E-state index in [-0.39, 0.29) is 12.1 Å². The van der Waals surface area contributed by atoms with Crippen molar-refractivity contribution in [2.24, 2.45) is 0 Å². The van der Waals surface area contributed by atoms with Crippen LogP contribution in [-0.4, -0.2) is 46.0 Å². The number of rotatable bonds is 1. The standard InChI is InChI=1S/C21H20F2N2O2/c1-21(2,3)24-13-18(26)25(20(24)27)19-16(22)11-15(12-17(19)23)10-9-14-7-5-4-6-8-14/h4-8,11-12,16,19H,13H2,1-3H3. The van der Waals surface area contributed by atoms with Crippen molar-refractivity contribution in [3.8, 4) is 11.8 Å². The predicted molar refractivity (Wildman–Crippen MR) is 98.0 cm³/mol. The molecule has 1 heterocycles. The number of nitrogens with zero attached hydrogens (tertiary/aromatic N) is 2. The first-order valence-electron chi connectivity index (χ1n) is 8.62. The second kappa shape index (κ2) is 6.99. The third kappa shape index (κ3) is 3.77. The summed E-state index contributed by atoms with van der Waals surface area (Å²) in [7, 11) is 0. The van der Waals surface area contributed by atoms with Crippen LogP contribution in [-0.2, 0) is 4.79 Å². The van der Waals surface area contributed by atoms with Gasteiger partial charge in [-0.25, -0.2) is 18.5 Å². The van der Waals surface area contributed by atoms with E-state index in [1.54, 1.807) is 32.9 Å². The molecule has 0 bridgehead atoms. The number of alkyl halides is 1. The molecule has 0 N–H and O–H groups in total. The molecule has 3 rings (SSSR count). The van der Waals surface area contributed by atoms with E-state index in [1.165, 1.54) is 4.90 Å². The number of carbonyl (C=O) groups is 2. The summed E-state index contributed by atoms with van der Waals surface area (Å²) in [5, 5.41) is 0. The molecule has 1 saturated heterocycles. The van der Waals surface area contributed by atoms with Gasteiger partial charge in [-0.3, -0.25) is 4.79 Å². The molecule has 6 heteroatoms. The van der Waals surface area contributed by atoms with E-state index < -0.39 is 35.5 Å². The van der Waals surface area contributed by atoms with Gasteiger partial charge in [-0.05, 0) is 45.1 Å². The maximum atomic E-state index is 14.7. The minimum absolute atomic E-state index is 0.173. The largest absolute Gasteiger partial charge is 0.328 e. The van der Waals surface area contributed by atoms with Crippen molar-refractivity contribution < 1.29 is 18.4 Å². The highest BCUT2D eigenvalue weighted by molar-refractivity contribution is 6.03. The van der Waals surface area contributed by atoms with Crippen molar-refractivity contribution in [3.05, 3.63) is 59.4 Å². The first kappa shape index (κ1) is 18.8. The van der Waals surface area contributed by atoms with E-state index in [0.29, 0.717) is 4.90 Å². The van der Waals surface area contributed by atoms with Crippen LogP contribution in [0.25, 0.3) is 0 Å². The zero-order chi connectivity index (χ0) is 19.8. The van der Waals surface area contributed by atoms with Gasteiger partial charge in [0, 0.05) is 16.7 Å². The summed E-state index contributed by atoms with van der Waals surface area (Å²) in [6.45, 7) is 5.10. The summed E-state index contributed by atoms with van der Waals surface area (Å²) in [5.74, 6) is 4.05. The van der Waals surface area contributed by atoms with Gasteiger partial charge in [-0.15, -0.1) is 0 Å². The Hall–Kier alpha value is -2.94. The molecule has 1 aromatic carbocycles. The maximum absolute atomic E-state index is 14.7. The Bertz CT molecular complexity index is 888. The van der Waals surface area contributed by atoms with Crippen molar-refractivity contribution in [1.29, 1.82) is 0 Å². The van der Waals surface area contributed by atoms with Crippen molar-refractivity contribution in [1.82, 2.24) is 9.80 Å². The molecule has 3 amide bonds. The van der Waals surface area contributed by atoms with Crippen LogP contribution in [0, 0.1) is 11.8 Å².